The van der Waals surface area contributed by atoms with Crippen LogP contribution >= 0.6 is 0 Å². The molecule has 0 aromatic heterocycles. The van der Waals surface area contributed by atoms with E-state index in [4.69, 9.17) is 0 Å². The number of fused-ring (bicyclic) bond motifs is 1. The monoisotopic (exact) mass is 269 g/mol. The van der Waals surface area contributed by atoms with Crippen molar-refractivity contribution in [3.05, 3.63) is 65.2 Å². The van der Waals surface area contributed by atoms with Crippen molar-refractivity contribution < 1.29 is 10.2 Å². The molecule has 0 saturated carbocycles. The Hall–Kier alpha value is -1.84. The van der Waals surface area contributed by atoms with Crippen LogP contribution in [0.15, 0.2) is 48.5 Å². The summed E-state index contributed by atoms with van der Waals surface area (Å²) in [7, 11) is 0. The largest absolute Gasteiger partial charge is 0.508 e. The maximum atomic E-state index is 9.75. The Balaban J connectivity index is 1.82. The van der Waals surface area contributed by atoms with Gasteiger partial charge < -0.3 is 10.2 Å². The van der Waals surface area contributed by atoms with Crippen LogP contribution in [-0.2, 0) is 13.0 Å². The molecule has 0 spiro atoms. The van der Waals surface area contributed by atoms with Gasteiger partial charge in [0.25, 0.3) is 0 Å². The predicted octanol–water partition coefficient (Wildman–Crippen LogP) is 2.48. The number of benzene rings is 2. The summed E-state index contributed by atoms with van der Waals surface area (Å²) in [5.41, 5.74) is 3.73. The minimum Gasteiger partial charge on any atom is -0.508 e. The van der Waals surface area contributed by atoms with Gasteiger partial charge in [-0.15, -0.1) is 0 Å². The number of aliphatic hydroxyl groups excluding tert-OH is 1. The molecule has 2 aromatic carbocycles. The molecule has 3 rings (SSSR count). The van der Waals surface area contributed by atoms with Crippen molar-refractivity contribution in [2.75, 3.05) is 13.2 Å². The highest BCUT2D eigenvalue weighted by Crippen LogP contribution is 2.30. The van der Waals surface area contributed by atoms with Crippen molar-refractivity contribution in [1.82, 2.24) is 4.90 Å². The first kappa shape index (κ1) is 13.2. The van der Waals surface area contributed by atoms with E-state index < -0.39 is 0 Å². The molecule has 1 atom stereocenters. The average molecular weight is 269 g/mol. The molecule has 0 aliphatic carbocycles. The molecule has 2 aromatic rings. The first-order valence-corrected chi connectivity index (χ1v) is 6.98. The van der Waals surface area contributed by atoms with Crippen LogP contribution in [0.5, 0.6) is 5.75 Å². The Kier molecular flexibility index (Phi) is 3.72. The fraction of sp³-hybridized carbons (Fsp3) is 0.294. The van der Waals surface area contributed by atoms with Crippen LogP contribution in [0.3, 0.4) is 0 Å². The Morgan fingerprint density at radius 2 is 1.80 bits per heavy atom. The third-order valence-electron chi connectivity index (χ3n) is 4.02. The SMILES string of the molecule is OC[C@H]1c2ccccc2CCN1Cc1ccc(O)cc1. The van der Waals surface area contributed by atoms with Crippen molar-refractivity contribution in [3.8, 4) is 5.75 Å². The molecule has 20 heavy (non-hydrogen) atoms. The van der Waals surface area contributed by atoms with Crippen LogP contribution in [0, 0.1) is 0 Å². The molecule has 1 aliphatic heterocycles. The second-order valence-corrected chi connectivity index (χ2v) is 5.28. The highest BCUT2D eigenvalue weighted by Gasteiger charge is 2.26. The Bertz CT molecular complexity index is 580. The molecule has 3 heteroatoms. The van der Waals surface area contributed by atoms with E-state index in [0.29, 0.717) is 0 Å². The van der Waals surface area contributed by atoms with Gasteiger partial charge in [0.2, 0.25) is 0 Å². The van der Waals surface area contributed by atoms with Gasteiger partial charge in [0.1, 0.15) is 5.75 Å². The molecule has 0 amide bonds. The van der Waals surface area contributed by atoms with Gasteiger partial charge in [-0.05, 0) is 35.2 Å². The summed E-state index contributed by atoms with van der Waals surface area (Å²) in [4.78, 5) is 2.30. The van der Waals surface area contributed by atoms with E-state index in [1.165, 1.54) is 11.1 Å². The topological polar surface area (TPSA) is 43.7 Å². The van der Waals surface area contributed by atoms with E-state index in [9.17, 15) is 10.2 Å². The van der Waals surface area contributed by atoms with Gasteiger partial charge in [-0.2, -0.15) is 0 Å². The summed E-state index contributed by atoms with van der Waals surface area (Å²) in [5, 5.41) is 19.1. The number of nitrogens with zero attached hydrogens (tertiary/aromatic N) is 1. The lowest BCUT2D eigenvalue weighted by atomic mass is 9.92. The predicted molar refractivity (Wildman–Crippen MR) is 78.5 cm³/mol. The summed E-state index contributed by atoms with van der Waals surface area (Å²) >= 11 is 0. The highest BCUT2D eigenvalue weighted by molar-refractivity contribution is 5.33. The lowest BCUT2D eigenvalue weighted by Crippen LogP contribution is -2.36. The van der Waals surface area contributed by atoms with Crippen molar-refractivity contribution in [2.24, 2.45) is 0 Å². The first-order valence-electron chi connectivity index (χ1n) is 6.98. The number of phenolic OH excluding ortho intramolecular Hbond substituents is 1. The van der Waals surface area contributed by atoms with Crippen LogP contribution in [0.25, 0.3) is 0 Å². The quantitative estimate of drug-likeness (QED) is 0.899. The number of hydrogen-bond donors (Lipinski definition) is 2. The lowest BCUT2D eigenvalue weighted by molar-refractivity contribution is 0.108. The van der Waals surface area contributed by atoms with E-state index >= 15 is 0 Å². The van der Waals surface area contributed by atoms with Crippen LogP contribution in [0.2, 0.25) is 0 Å². The Labute approximate surface area is 119 Å². The number of hydrogen-bond acceptors (Lipinski definition) is 3. The van der Waals surface area contributed by atoms with Gasteiger partial charge in [0, 0.05) is 13.1 Å². The molecule has 3 nitrogen and oxygen atoms in total. The lowest BCUT2D eigenvalue weighted by Gasteiger charge is -2.36. The van der Waals surface area contributed by atoms with Crippen molar-refractivity contribution in [1.29, 1.82) is 0 Å². The highest BCUT2D eigenvalue weighted by atomic mass is 16.3. The van der Waals surface area contributed by atoms with Crippen LogP contribution in [0.4, 0.5) is 0 Å². The van der Waals surface area contributed by atoms with Crippen LogP contribution in [-0.4, -0.2) is 28.3 Å². The molecular weight excluding hydrogens is 250 g/mol. The minimum absolute atomic E-state index is 0.0637. The molecule has 0 bridgehead atoms. The zero-order valence-electron chi connectivity index (χ0n) is 11.4. The second-order valence-electron chi connectivity index (χ2n) is 5.28. The zero-order chi connectivity index (χ0) is 13.9. The third-order valence-corrected chi connectivity index (χ3v) is 4.02. The zero-order valence-corrected chi connectivity index (χ0v) is 11.4. The van der Waals surface area contributed by atoms with E-state index in [1.807, 2.05) is 18.2 Å². The van der Waals surface area contributed by atoms with E-state index in [2.05, 4.69) is 23.1 Å². The maximum Gasteiger partial charge on any atom is 0.115 e. The van der Waals surface area contributed by atoms with Gasteiger partial charge in [-0.3, -0.25) is 4.90 Å². The Morgan fingerprint density at radius 3 is 2.55 bits per heavy atom. The standard InChI is InChI=1S/C17H19NO2/c19-12-17-16-4-2-1-3-14(16)9-10-18(17)11-13-5-7-15(20)8-6-13/h1-8,17,19-20H,9-12H2/t17-/m0/s1. The molecular formula is C17H19NO2. The molecule has 1 aliphatic rings. The number of aliphatic hydroxyl groups is 1. The molecule has 0 fully saturated rings. The van der Waals surface area contributed by atoms with Crippen molar-refractivity contribution in [3.63, 3.8) is 0 Å². The summed E-state index contributed by atoms with van der Waals surface area (Å²) in [5.74, 6) is 0.288. The summed E-state index contributed by atoms with van der Waals surface area (Å²) in [6.07, 6.45) is 1.02. The maximum absolute atomic E-state index is 9.75. The van der Waals surface area contributed by atoms with Crippen LogP contribution in [0.1, 0.15) is 22.7 Å². The minimum atomic E-state index is 0.0637. The molecule has 2 N–H and O–H groups in total. The summed E-state index contributed by atoms with van der Waals surface area (Å²) in [6.45, 7) is 1.87. The van der Waals surface area contributed by atoms with Crippen molar-refractivity contribution in [2.45, 2.75) is 19.0 Å². The third kappa shape index (κ3) is 2.55. The average Bonchev–Trinajstić information content (AvgIpc) is 2.49. The smallest absolute Gasteiger partial charge is 0.115 e. The number of aromatic hydroxyl groups is 1. The van der Waals surface area contributed by atoms with Gasteiger partial charge in [0.05, 0.1) is 12.6 Å². The number of phenols is 1. The summed E-state index contributed by atoms with van der Waals surface area (Å²) < 4.78 is 0. The number of rotatable bonds is 3. The van der Waals surface area contributed by atoms with Gasteiger partial charge >= 0.3 is 0 Å². The van der Waals surface area contributed by atoms with Crippen molar-refractivity contribution >= 4 is 0 Å². The summed E-state index contributed by atoms with van der Waals surface area (Å²) in [6, 6.07) is 15.7. The first-order chi connectivity index (χ1) is 9.78. The van der Waals surface area contributed by atoms with E-state index in [-0.39, 0.29) is 18.4 Å². The molecule has 1 heterocycles. The van der Waals surface area contributed by atoms with Crippen LogP contribution < -0.4 is 0 Å². The molecule has 0 radical (unpaired) electrons. The van der Waals surface area contributed by atoms with Gasteiger partial charge in [-0.25, -0.2) is 0 Å². The fourth-order valence-electron chi connectivity index (χ4n) is 2.94. The molecule has 0 saturated heterocycles. The van der Waals surface area contributed by atoms with Gasteiger partial charge in [-0.1, -0.05) is 36.4 Å². The van der Waals surface area contributed by atoms with Gasteiger partial charge in [0.15, 0.2) is 0 Å². The van der Waals surface area contributed by atoms with E-state index in [0.717, 1.165) is 25.1 Å². The molecule has 104 valence electrons. The molecule has 0 unspecified atom stereocenters. The normalized spacial score (nSPS) is 18.8. The van der Waals surface area contributed by atoms with E-state index in [1.54, 1.807) is 12.1 Å². The Morgan fingerprint density at radius 1 is 1.05 bits per heavy atom. The second kappa shape index (κ2) is 5.65. The fourth-order valence-corrected chi connectivity index (χ4v) is 2.94.